The molecule has 1 fully saturated rings. The van der Waals surface area contributed by atoms with E-state index in [1.165, 1.54) is 23.1 Å². The summed E-state index contributed by atoms with van der Waals surface area (Å²) in [6.07, 6.45) is -0.861. The van der Waals surface area contributed by atoms with Crippen molar-refractivity contribution in [2.24, 2.45) is 0 Å². The first kappa shape index (κ1) is 20.7. The van der Waals surface area contributed by atoms with Crippen LogP contribution >= 0.6 is 23.2 Å². The number of carbonyl (C=O) groups is 1. The summed E-state index contributed by atoms with van der Waals surface area (Å²) in [6, 6.07) is 12.0. The second kappa shape index (κ2) is 8.57. The highest BCUT2D eigenvalue weighted by atomic mass is 35.5. The number of nitrogens with zero attached hydrogens (tertiary/aromatic N) is 1. The molecular weight excluding hydrogens is 427 g/mol. The first-order valence-corrected chi connectivity index (χ1v) is 10.6. The van der Waals surface area contributed by atoms with Crippen molar-refractivity contribution in [2.45, 2.75) is 23.4 Å². The van der Waals surface area contributed by atoms with E-state index in [4.69, 9.17) is 27.9 Å². The molecule has 3 rings (SSSR count). The van der Waals surface area contributed by atoms with Gasteiger partial charge in [0.15, 0.2) is 0 Å². The molecule has 1 amide bonds. The molecule has 28 heavy (non-hydrogen) atoms. The molecule has 1 aliphatic heterocycles. The second-order valence-corrected chi connectivity index (χ2v) is 8.87. The van der Waals surface area contributed by atoms with Crippen LogP contribution in [0, 0.1) is 0 Å². The molecule has 0 unspecified atom stereocenters. The van der Waals surface area contributed by atoms with Crippen molar-refractivity contribution in [3.63, 3.8) is 0 Å². The summed E-state index contributed by atoms with van der Waals surface area (Å²) in [7, 11) is -3.96. The summed E-state index contributed by atoms with van der Waals surface area (Å²) in [5, 5.41) is 9.72. The number of amides is 1. The number of carboxylic acid groups (broad SMARTS) is 1. The molecule has 1 heterocycles. The molecule has 2 aromatic rings. The Bertz CT molecular complexity index is 956. The first-order valence-electron chi connectivity index (χ1n) is 8.41. The molecule has 2 atom stereocenters. The van der Waals surface area contributed by atoms with E-state index < -0.39 is 28.2 Å². The van der Waals surface area contributed by atoms with Gasteiger partial charge in [0, 0.05) is 17.6 Å². The number of para-hydroxylation sites is 1. The Labute approximate surface area is 172 Å². The Morgan fingerprint density at radius 1 is 1.21 bits per heavy atom. The Balaban J connectivity index is 1.71. The van der Waals surface area contributed by atoms with Gasteiger partial charge in [-0.3, -0.25) is 0 Å². The van der Waals surface area contributed by atoms with E-state index in [1.807, 2.05) is 18.2 Å². The SMILES string of the molecule is O=C(O)N1C[C@H](NS(=O)(=O)c2cc(Cl)ccc2Cl)C[C@@H]1COc1ccccc1. The zero-order valence-electron chi connectivity index (χ0n) is 14.6. The second-order valence-electron chi connectivity index (χ2n) is 6.34. The van der Waals surface area contributed by atoms with Crippen molar-refractivity contribution in [2.75, 3.05) is 13.2 Å². The van der Waals surface area contributed by atoms with E-state index >= 15 is 0 Å². The highest BCUT2D eigenvalue weighted by Gasteiger charge is 2.38. The minimum Gasteiger partial charge on any atom is -0.491 e. The number of likely N-dealkylation sites (tertiary alicyclic amines) is 1. The summed E-state index contributed by atoms with van der Waals surface area (Å²) in [5.74, 6) is 0.613. The minimum atomic E-state index is -3.96. The molecule has 0 saturated carbocycles. The normalized spacial score (nSPS) is 19.6. The summed E-state index contributed by atoms with van der Waals surface area (Å²) in [6.45, 7) is 0.127. The average molecular weight is 445 g/mol. The molecular formula is C18H18Cl2N2O5S. The molecule has 2 N–H and O–H groups in total. The molecule has 1 saturated heterocycles. The van der Waals surface area contributed by atoms with E-state index in [9.17, 15) is 18.3 Å². The number of rotatable bonds is 6. The predicted molar refractivity (Wildman–Crippen MR) is 106 cm³/mol. The van der Waals surface area contributed by atoms with E-state index in [2.05, 4.69) is 4.72 Å². The molecule has 0 aliphatic carbocycles. The van der Waals surface area contributed by atoms with E-state index in [0.29, 0.717) is 5.75 Å². The van der Waals surface area contributed by atoms with Crippen LogP contribution < -0.4 is 9.46 Å². The predicted octanol–water partition coefficient (Wildman–Crippen LogP) is 3.47. The van der Waals surface area contributed by atoms with Crippen molar-refractivity contribution in [3.05, 3.63) is 58.6 Å². The lowest BCUT2D eigenvalue weighted by Gasteiger charge is -2.21. The van der Waals surface area contributed by atoms with Gasteiger partial charge in [-0.1, -0.05) is 41.4 Å². The Morgan fingerprint density at radius 2 is 1.93 bits per heavy atom. The van der Waals surface area contributed by atoms with Crippen LogP contribution in [0.15, 0.2) is 53.4 Å². The van der Waals surface area contributed by atoms with Crippen LogP contribution in [0.3, 0.4) is 0 Å². The molecule has 150 valence electrons. The monoisotopic (exact) mass is 444 g/mol. The third-order valence-corrected chi connectivity index (χ3v) is 6.59. The quantitative estimate of drug-likeness (QED) is 0.710. The summed E-state index contributed by atoms with van der Waals surface area (Å²) in [4.78, 5) is 12.6. The molecule has 0 radical (unpaired) electrons. The molecule has 0 bridgehead atoms. The van der Waals surface area contributed by atoms with E-state index in [0.717, 1.165) is 0 Å². The Kier molecular flexibility index (Phi) is 6.34. The van der Waals surface area contributed by atoms with Gasteiger partial charge in [0.2, 0.25) is 10.0 Å². The largest absolute Gasteiger partial charge is 0.491 e. The Morgan fingerprint density at radius 3 is 2.61 bits per heavy atom. The van der Waals surface area contributed by atoms with Gasteiger partial charge in [-0.05, 0) is 36.8 Å². The number of nitrogens with one attached hydrogen (secondary N) is 1. The van der Waals surface area contributed by atoms with Gasteiger partial charge in [-0.2, -0.15) is 0 Å². The molecule has 7 nitrogen and oxygen atoms in total. The summed E-state index contributed by atoms with van der Waals surface area (Å²) < 4.78 is 33.5. The fourth-order valence-electron chi connectivity index (χ4n) is 3.07. The fourth-order valence-corrected chi connectivity index (χ4v) is 5.07. The van der Waals surface area contributed by atoms with Crippen molar-refractivity contribution in [3.8, 4) is 5.75 Å². The maximum atomic E-state index is 12.7. The maximum absolute atomic E-state index is 12.7. The van der Waals surface area contributed by atoms with Gasteiger partial charge in [0.05, 0.1) is 11.1 Å². The van der Waals surface area contributed by atoms with Crippen molar-refractivity contribution < 1.29 is 23.1 Å². The molecule has 0 aromatic heterocycles. The van der Waals surface area contributed by atoms with E-state index in [1.54, 1.807) is 12.1 Å². The van der Waals surface area contributed by atoms with Crippen LogP contribution in [0.4, 0.5) is 4.79 Å². The van der Waals surface area contributed by atoms with Crippen molar-refractivity contribution in [1.82, 2.24) is 9.62 Å². The topological polar surface area (TPSA) is 95.9 Å². The number of ether oxygens (including phenoxy) is 1. The van der Waals surface area contributed by atoms with Gasteiger partial charge in [0.1, 0.15) is 17.3 Å². The van der Waals surface area contributed by atoms with Crippen LogP contribution in [0.1, 0.15) is 6.42 Å². The number of halogens is 2. The molecule has 2 aromatic carbocycles. The summed E-state index contributed by atoms with van der Waals surface area (Å²) >= 11 is 11.9. The minimum absolute atomic E-state index is 0.00949. The standard InChI is InChI=1S/C18H18Cl2N2O5S/c19-12-6-7-16(20)17(8-12)28(25,26)21-13-9-14(22(10-13)18(23)24)11-27-15-4-2-1-3-5-15/h1-8,13-14,21H,9-11H2,(H,23,24)/t13-,14-/m1/s1. The van der Waals surface area contributed by atoms with Crippen molar-refractivity contribution >= 4 is 39.3 Å². The Hall–Kier alpha value is -2.00. The lowest BCUT2D eigenvalue weighted by atomic mass is 10.2. The van der Waals surface area contributed by atoms with Gasteiger partial charge in [-0.25, -0.2) is 17.9 Å². The van der Waals surface area contributed by atoms with Gasteiger partial charge < -0.3 is 14.7 Å². The summed E-state index contributed by atoms with van der Waals surface area (Å²) in [5.41, 5.74) is 0. The molecule has 1 aliphatic rings. The number of benzene rings is 2. The van der Waals surface area contributed by atoms with E-state index in [-0.39, 0.29) is 34.5 Å². The molecule has 0 spiro atoms. The number of hydrogen-bond acceptors (Lipinski definition) is 4. The molecule has 10 heteroatoms. The lowest BCUT2D eigenvalue weighted by Crippen LogP contribution is -2.40. The average Bonchev–Trinajstić information content (AvgIpc) is 3.05. The fraction of sp³-hybridized carbons (Fsp3) is 0.278. The maximum Gasteiger partial charge on any atom is 0.407 e. The van der Waals surface area contributed by atoms with Crippen LogP contribution in [0.25, 0.3) is 0 Å². The third-order valence-electron chi connectivity index (χ3n) is 4.35. The number of hydrogen-bond donors (Lipinski definition) is 2. The van der Waals surface area contributed by atoms with Gasteiger partial charge in [-0.15, -0.1) is 0 Å². The highest BCUT2D eigenvalue weighted by molar-refractivity contribution is 7.89. The highest BCUT2D eigenvalue weighted by Crippen LogP contribution is 2.27. The zero-order valence-corrected chi connectivity index (χ0v) is 16.9. The zero-order chi connectivity index (χ0) is 20.3. The third kappa shape index (κ3) is 4.88. The van der Waals surface area contributed by atoms with Crippen LogP contribution in [0.5, 0.6) is 5.75 Å². The van der Waals surface area contributed by atoms with Crippen LogP contribution in [-0.4, -0.2) is 49.8 Å². The van der Waals surface area contributed by atoms with Crippen LogP contribution in [0.2, 0.25) is 10.0 Å². The first-order chi connectivity index (χ1) is 13.3. The lowest BCUT2D eigenvalue weighted by molar-refractivity contribution is 0.123. The van der Waals surface area contributed by atoms with Crippen LogP contribution in [-0.2, 0) is 10.0 Å². The van der Waals surface area contributed by atoms with Crippen molar-refractivity contribution in [1.29, 1.82) is 0 Å². The van der Waals surface area contributed by atoms with Gasteiger partial charge in [0.25, 0.3) is 0 Å². The smallest absolute Gasteiger partial charge is 0.407 e. The number of sulfonamides is 1. The van der Waals surface area contributed by atoms with Gasteiger partial charge >= 0.3 is 6.09 Å².